The Labute approximate surface area is 132 Å². The Bertz CT molecular complexity index is 714. The predicted octanol–water partition coefficient (Wildman–Crippen LogP) is 6.14. The molecule has 0 fully saturated rings. The highest BCUT2D eigenvalue weighted by Gasteiger charge is 2.37. The van der Waals surface area contributed by atoms with Crippen LogP contribution in [0.25, 0.3) is 11.1 Å². The minimum Gasteiger partial charge on any atom is -0.453 e. The van der Waals surface area contributed by atoms with Crippen molar-refractivity contribution in [1.29, 1.82) is 0 Å². The summed E-state index contributed by atoms with van der Waals surface area (Å²) in [5.74, 6) is -0.390. The molecule has 22 heavy (non-hydrogen) atoms. The summed E-state index contributed by atoms with van der Waals surface area (Å²) < 4.78 is 20.8. The van der Waals surface area contributed by atoms with E-state index < -0.39 is 5.85 Å². The number of hydrogen-bond donors (Lipinski definition) is 0. The van der Waals surface area contributed by atoms with Gasteiger partial charge in [-0.3, -0.25) is 0 Å². The van der Waals surface area contributed by atoms with Gasteiger partial charge in [-0.15, -0.1) is 0 Å². The van der Waals surface area contributed by atoms with Gasteiger partial charge in [0.1, 0.15) is 5.75 Å². The highest BCUT2D eigenvalue weighted by atomic mass is 19.2. The third-order valence-corrected chi connectivity index (χ3v) is 4.46. The summed E-state index contributed by atoms with van der Waals surface area (Å²) >= 11 is 0. The lowest BCUT2D eigenvalue weighted by molar-refractivity contribution is -0.0526. The van der Waals surface area contributed by atoms with Crippen molar-refractivity contribution >= 4 is 0 Å². The Hall–Kier alpha value is -1.83. The van der Waals surface area contributed by atoms with Crippen LogP contribution in [0, 0.1) is 0 Å². The number of benzene rings is 2. The Kier molecular flexibility index (Phi) is 3.51. The van der Waals surface area contributed by atoms with Crippen LogP contribution in [-0.2, 0) is 5.85 Å². The molecule has 0 aliphatic carbocycles. The van der Waals surface area contributed by atoms with E-state index in [1.807, 2.05) is 24.3 Å². The molecular weight excluding hydrogens is 275 g/mol. The Morgan fingerprint density at radius 3 is 2.00 bits per heavy atom. The van der Waals surface area contributed by atoms with Gasteiger partial charge >= 0.3 is 0 Å². The summed E-state index contributed by atoms with van der Waals surface area (Å²) in [6, 6.07) is 12.2. The maximum absolute atomic E-state index is 15.1. The highest BCUT2D eigenvalue weighted by molar-refractivity contribution is 5.77. The average molecular weight is 298 g/mol. The lowest BCUT2D eigenvalue weighted by atomic mass is 9.87. The maximum Gasteiger partial charge on any atom is 0.271 e. The molecule has 1 nitrogen and oxygen atoms in total. The van der Waals surface area contributed by atoms with Gasteiger partial charge in [0.25, 0.3) is 5.85 Å². The molecule has 1 heterocycles. The first kappa shape index (κ1) is 15.1. The van der Waals surface area contributed by atoms with Gasteiger partial charge in [-0.2, -0.15) is 4.39 Å². The second-order valence-electron chi connectivity index (χ2n) is 6.89. The first-order valence-electron chi connectivity index (χ1n) is 7.96. The van der Waals surface area contributed by atoms with E-state index in [0.29, 0.717) is 23.1 Å². The number of rotatable bonds is 2. The van der Waals surface area contributed by atoms with Gasteiger partial charge in [0, 0.05) is 18.1 Å². The maximum atomic E-state index is 15.1. The van der Waals surface area contributed by atoms with Crippen LogP contribution in [0.1, 0.15) is 63.1 Å². The zero-order chi connectivity index (χ0) is 16.1. The van der Waals surface area contributed by atoms with Gasteiger partial charge in [-0.1, -0.05) is 52.0 Å². The number of ether oxygens (including phenoxy) is 1. The van der Waals surface area contributed by atoms with Crippen LogP contribution in [0.15, 0.2) is 36.4 Å². The molecule has 0 radical (unpaired) electrons. The lowest BCUT2D eigenvalue weighted by Gasteiger charge is -2.32. The van der Waals surface area contributed by atoms with Crippen molar-refractivity contribution in [3.63, 3.8) is 0 Å². The minimum atomic E-state index is -1.79. The van der Waals surface area contributed by atoms with Gasteiger partial charge in [0.2, 0.25) is 0 Å². The van der Waals surface area contributed by atoms with Crippen LogP contribution in [0.2, 0.25) is 0 Å². The summed E-state index contributed by atoms with van der Waals surface area (Å²) in [6.07, 6.45) is 0. The molecule has 2 aromatic carbocycles. The van der Waals surface area contributed by atoms with Crippen molar-refractivity contribution in [2.75, 3.05) is 0 Å². The molecule has 116 valence electrons. The molecule has 0 saturated carbocycles. The Morgan fingerprint density at radius 2 is 1.41 bits per heavy atom. The first-order valence-corrected chi connectivity index (χ1v) is 7.96. The second-order valence-corrected chi connectivity index (χ2v) is 6.89. The molecule has 0 amide bonds. The van der Waals surface area contributed by atoms with E-state index in [1.54, 1.807) is 0 Å². The smallest absolute Gasteiger partial charge is 0.271 e. The van der Waals surface area contributed by atoms with Crippen molar-refractivity contribution in [1.82, 2.24) is 0 Å². The zero-order valence-corrected chi connectivity index (χ0v) is 13.9. The summed E-state index contributed by atoms with van der Waals surface area (Å²) in [6.45, 7) is 9.98. The van der Waals surface area contributed by atoms with Crippen LogP contribution in [0.5, 0.6) is 5.75 Å². The van der Waals surface area contributed by atoms with E-state index in [1.165, 1.54) is 6.92 Å². The first-order chi connectivity index (χ1) is 10.3. The van der Waals surface area contributed by atoms with Crippen LogP contribution >= 0.6 is 0 Å². The van der Waals surface area contributed by atoms with Crippen LogP contribution < -0.4 is 4.74 Å². The number of halogens is 1. The number of fused-ring (bicyclic) bond motifs is 3. The molecule has 0 N–H and O–H groups in total. The third-order valence-electron chi connectivity index (χ3n) is 4.46. The number of alkyl halides is 1. The fourth-order valence-corrected chi connectivity index (χ4v) is 2.99. The monoisotopic (exact) mass is 298 g/mol. The van der Waals surface area contributed by atoms with Crippen molar-refractivity contribution < 1.29 is 9.13 Å². The summed E-state index contributed by atoms with van der Waals surface area (Å²) in [4.78, 5) is 0. The molecule has 2 aromatic rings. The molecule has 1 aliphatic rings. The van der Waals surface area contributed by atoms with Gasteiger partial charge in [-0.05, 0) is 40.7 Å². The molecule has 1 aliphatic heterocycles. The summed E-state index contributed by atoms with van der Waals surface area (Å²) in [5.41, 5.74) is 4.84. The van der Waals surface area contributed by atoms with Crippen molar-refractivity contribution in [3.05, 3.63) is 53.1 Å². The summed E-state index contributed by atoms with van der Waals surface area (Å²) in [5, 5.41) is 0. The summed E-state index contributed by atoms with van der Waals surface area (Å²) in [7, 11) is 0. The minimum absolute atomic E-state index is 0.366. The predicted molar refractivity (Wildman–Crippen MR) is 89.1 cm³/mol. The van der Waals surface area contributed by atoms with E-state index in [2.05, 4.69) is 39.8 Å². The molecule has 0 aromatic heterocycles. The molecule has 1 unspecified atom stereocenters. The van der Waals surface area contributed by atoms with Crippen LogP contribution in [0.3, 0.4) is 0 Å². The molecule has 0 spiro atoms. The fraction of sp³-hybridized carbons (Fsp3) is 0.400. The van der Waals surface area contributed by atoms with Gasteiger partial charge < -0.3 is 4.74 Å². The topological polar surface area (TPSA) is 9.23 Å². The lowest BCUT2D eigenvalue weighted by Crippen LogP contribution is -2.28. The van der Waals surface area contributed by atoms with E-state index in [0.717, 1.165) is 22.3 Å². The van der Waals surface area contributed by atoms with E-state index in [-0.39, 0.29) is 0 Å². The molecule has 0 bridgehead atoms. The van der Waals surface area contributed by atoms with E-state index in [4.69, 9.17) is 4.74 Å². The Morgan fingerprint density at radius 1 is 0.864 bits per heavy atom. The average Bonchev–Trinajstić information content (AvgIpc) is 2.45. The third kappa shape index (κ3) is 2.41. The van der Waals surface area contributed by atoms with Crippen molar-refractivity contribution in [2.24, 2.45) is 0 Å². The van der Waals surface area contributed by atoms with Crippen molar-refractivity contribution in [2.45, 2.75) is 52.3 Å². The van der Waals surface area contributed by atoms with Gasteiger partial charge in [-0.25, -0.2) is 0 Å². The largest absolute Gasteiger partial charge is 0.453 e. The quantitative estimate of drug-likeness (QED) is 0.647. The zero-order valence-electron chi connectivity index (χ0n) is 13.9. The molecule has 2 heteroatoms. The molecule has 3 rings (SSSR count). The number of hydrogen-bond acceptors (Lipinski definition) is 1. The highest BCUT2D eigenvalue weighted by Crippen LogP contribution is 2.47. The molecule has 0 saturated heterocycles. The Balaban J connectivity index is 2.19. The fourth-order valence-electron chi connectivity index (χ4n) is 2.99. The van der Waals surface area contributed by atoms with E-state index in [9.17, 15) is 0 Å². The van der Waals surface area contributed by atoms with Crippen LogP contribution in [-0.4, -0.2) is 0 Å². The van der Waals surface area contributed by atoms with Crippen LogP contribution in [0.4, 0.5) is 4.39 Å². The second kappa shape index (κ2) is 5.12. The van der Waals surface area contributed by atoms with Gasteiger partial charge in [0.15, 0.2) is 0 Å². The normalized spacial score (nSPS) is 19.8. The standard InChI is InChI=1S/C20H23FO/c1-12(2)14-6-8-16-17-9-7-15(13(3)4)11-19(17)22-20(5,21)18(16)10-14/h6-13H,1-5H3. The molecule has 1 atom stereocenters. The van der Waals surface area contributed by atoms with Crippen molar-refractivity contribution in [3.8, 4) is 16.9 Å². The molecular formula is C20H23FO. The van der Waals surface area contributed by atoms with E-state index >= 15 is 4.39 Å². The SMILES string of the molecule is CC(C)c1ccc2c(c1)OC(C)(F)c1cc(C(C)C)ccc1-2. The van der Waals surface area contributed by atoms with Gasteiger partial charge in [0.05, 0.1) is 0 Å².